The van der Waals surface area contributed by atoms with Crippen molar-refractivity contribution in [1.29, 1.82) is 0 Å². The van der Waals surface area contributed by atoms with Crippen molar-refractivity contribution in [3.63, 3.8) is 0 Å². The Morgan fingerprint density at radius 1 is 1.00 bits per heavy atom. The molecule has 1 aliphatic rings. The summed E-state index contributed by atoms with van der Waals surface area (Å²) in [4.78, 5) is 51.4. The number of thioether (sulfide) groups is 1. The van der Waals surface area contributed by atoms with Gasteiger partial charge in [-0.2, -0.15) is 0 Å². The van der Waals surface area contributed by atoms with Crippen molar-refractivity contribution in [2.24, 2.45) is 17.4 Å². The van der Waals surface area contributed by atoms with E-state index in [0.29, 0.717) is 0 Å². The molecule has 0 aliphatic heterocycles. The highest BCUT2D eigenvalue weighted by Gasteiger charge is 2.32. The molecule has 1 aliphatic carbocycles. The summed E-state index contributed by atoms with van der Waals surface area (Å²) in [5.74, 6) is -1.39. The fraction of sp³-hybridized carbons (Fsp3) is 0.630. The van der Waals surface area contributed by atoms with Crippen LogP contribution in [0.25, 0.3) is 0 Å². The van der Waals surface area contributed by atoms with Crippen LogP contribution in [0.15, 0.2) is 30.3 Å². The summed E-state index contributed by atoms with van der Waals surface area (Å²) in [5, 5.41) is 18.0. The van der Waals surface area contributed by atoms with Gasteiger partial charge in [0.2, 0.25) is 22.8 Å². The first-order valence-corrected chi connectivity index (χ1v) is 14.5. The van der Waals surface area contributed by atoms with Crippen LogP contribution >= 0.6 is 11.8 Å². The topological polar surface area (TPSA) is 177 Å². The molecule has 38 heavy (non-hydrogen) atoms. The Labute approximate surface area is 229 Å². The van der Waals surface area contributed by atoms with Gasteiger partial charge in [0, 0.05) is 18.9 Å². The van der Waals surface area contributed by atoms with Gasteiger partial charge < -0.3 is 32.5 Å². The summed E-state index contributed by atoms with van der Waals surface area (Å²) in [6.45, 7) is 1.55. The lowest BCUT2D eigenvalue weighted by Gasteiger charge is -2.28. The average Bonchev–Trinajstić information content (AvgIpc) is 2.91. The maximum atomic E-state index is 13.4. The van der Waals surface area contributed by atoms with Crippen LogP contribution in [0.2, 0.25) is 0 Å². The number of benzene rings is 1. The lowest BCUT2D eigenvalue weighted by molar-refractivity contribution is -0.134. The first kappa shape index (κ1) is 31.7. The quantitative estimate of drug-likeness (QED) is 0.195. The Balaban J connectivity index is 2.13. The monoisotopic (exact) mass is 549 g/mol. The summed E-state index contributed by atoms with van der Waals surface area (Å²) in [6, 6.07) is 5.72. The van der Waals surface area contributed by atoms with E-state index >= 15 is 0 Å². The van der Waals surface area contributed by atoms with Crippen molar-refractivity contribution in [3.8, 4) is 0 Å². The summed E-state index contributed by atoms with van der Waals surface area (Å²) >= 11 is 0.960. The van der Waals surface area contributed by atoms with Gasteiger partial charge in [0.15, 0.2) is 0 Å². The van der Waals surface area contributed by atoms with E-state index in [0.717, 1.165) is 43.0 Å². The van der Waals surface area contributed by atoms with E-state index in [-0.39, 0.29) is 48.8 Å². The highest BCUT2D eigenvalue weighted by molar-refractivity contribution is 8.13. The zero-order valence-corrected chi connectivity index (χ0v) is 23.2. The number of nitrogens with one attached hydrogen (secondary N) is 3. The Morgan fingerprint density at radius 2 is 1.66 bits per heavy atom. The Kier molecular flexibility index (Phi) is 13.8. The standard InChI is InChI=1S/C27H43N5O5S/c1-17(33)24(26(36)31-21(13-14-28)27(37)38-2)32-25(35)22(15-18-9-5-3-6-10-18)30-23(34)16-20(29)19-11-7-4-8-12-19/h3,5-6,9-10,17,19-22,24,33H,4,7-8,11-16,28-29H2,1-2H3,(H,30,34)(H,31,36)(H,32,35)/t17?,20?,21-,22-,24-/m0/s1. The number of amides is 3. The third kappa shape index (κ3) is 10.4. The van der Waals surface area contributed by atoms with Crippen molar-refractivity contribution < 1.29 is 24.3 Å². The van der Waals surface area contributed by atoms with E-state index in [9.17, 15) is 24.3 Å². The molecule has 5 atom stereocenters. The van der Waals surface area contributed by atoms with E-state index < -0.39 is 36.0 Å². The fourth-order valence-electron chi connectivity index (χ4n) is 4.73. The molecule has 3 amide bonds. The van der Waals surface area contributed by atoms with Crippen LogP contribution in [0.5, 0.6) is 0 Å². The average molecular weight is 550 g/mol. The molecule has 1 aromatic carbocycles. The molecule has 0 aromatic heterocycles. The molecule has 10 nitrogen and oxygen atoms in total. The Morgan fingerprint density at radius 3 is 2.24 bits per heavy atom. The molecule has 0 bridgehead atoms. The highest BCUT2D eigenvalue weighted by Crippen LogP contribution is 2.26. The van der Waals surface area contributed by atoms with Gasteiger partial charge >= 0.3 is 0 Å². The molecule has 11 heteroatoms. The molecule has 0 saturated heterocycles. The molecular weight excluding hydrogens is 506 g/mol. The van der Waals surface area contributed by atoms with Gasteiger partial charge in [0.1, 0.15) is 12.1 Å². The van der Waals surface area contributed by atoms with E-state index in [4.69, 9.17) is 11.5 Å². The van der Waals surface area contributed by atoms with Gasteiger partial charge in [-0.3, -0.25) is 19.2 Å². The Hall–Kier alpha value is -2.47. The molecule has 212 valence electrons. The van der Waals surface area contributed by atoms with Gasteiger partial charge in [0.05, 0.1) is 12.1 Å². The third-order valence-corrected chi connectivity index (χ3v) is 7.62. The molecule has 1 saturated carbocycles. The van der Waals surface area contributed by atoms with Crippen LogP contribution in [-0.4, -0.2) is 71.0 Å². The zero-order valence-electron chi connectivity index (χ0n) is 22.4. The number of hydrogen-bond acceptors (Lipinski definition) is 8. The minimum atomic E-state index is -1.34. The maximum absolute atomic E-state index is 13.4. The highest BCUT2D eigenvalue weighted by atomic mass is 32.2. The van der Waals surface area contributed by atoms with Crippen molar-refractivity contribution in [2.75, 3.05) is 12.8 Å². The number of aliphatic hydroxyl groups excluding tert-OH is 1. The van der Waals surface area contributed by atoms with E-state index in [2.05, 4.69) is 16.0 Å². The number of nitrogens with two attached hydrogens (primary N) is 2. The van der Waals surface area contributed by atoms with Crippen LogP contribution in [0, 0.1) is 5.92 Å². The number of hydrogen-bond donors (Lipinski definition) is 6. The van der Waals surface area contributed by atoms with Gasteiger partial charge in [-0.05, 0) is 50.5 Å². The zero-order chi connectivity index (χ0) is 28.1. The second-order valence-electron chi connectivity index (χ2n) is 9.96. The number of rotatable bonds is 14. The van der Waals surface area contributed by atoms with Crippen molar-refractivity contribution in [3.05, 3.63) is 35.9 Å². The van der Waals surface area contributed by atoms with E-state index in [1.54, 1.807) is 6.26 Å². The van der Waals surface area contributed by atoms with E-state index in [1.807, 2.05) is 30.3 Å². The van der Waals surface area contributed by atoms with Crippen molar-refractivity contribution in [2.45, 2.75) is 88.6 Å². The minimum Gasteiger partial charge on any atom is -0.391 e. The number of aliphatic hydroxyl groups is 1. The maximum Gasteiger partial charge on any atom is 0.245 e. The fourth-order valence-corrected chi connectivity index (χ4v) is 5.20. The molecule has 2 rings (SSSR count). The normalized spacial score (nSPS) is 17.9. The predicted octanol–water partition coefficient (Wildman–Crippen LogP) is 0.600. The molecule has 0 spiro atoms. The van der Waals surface area contributed by atoms with Gasteiger partial charge in [-0.15, -0.1) is 0 Å². The molecule has 1 aromatic rings. The lowest BCUT2D eigenvalue weighted by Crippen LogP contribution is -2.59. The first-order valence-electron chi connectivity index (χ1n) is 13.3. The number of carbonyl (C=O) groups is 4. The number of carbonyl (C=O) groups excluding carboxylic acids is 4. The summed E-state index contributed by atoms with van der Waals surface area (Å²) in [7, 11) is 0. The molecule has 8 N–H and O–H groups in total. The van der Waals surface area contributed by atoms with Crippen LogP contribution in [0.3, 0.4) is 0 Å². The lowest BCUT2D eigenvalue weighted by atomic mass is 9.83. The summed E-state index contributed by atoms with van der Waals surface area (Å²) in [6.07, 6.45) is 6.25. The second kappa shape index (κ2) is 16.5. The van der Waals surface area contributed by atoms with Crippen molar-refractivity contribution >= 4 is 34.6 Å². The van der Waals surface area contributed by atoms with Crippen LogP contribution < -0.4 is 27.4 Å². The molecule has 2 unspecified atom stereocenters. The summed E-state index contributed by atoms with van der Waals surface area (Å²) in [5.41, 5.74) is 12.7. The van der Waals surface area contributed by atoms with E-state index in [1.165, 1.54) is 13.3 Å². The first-order chi connectivity index (χ1) is 18.2. The molecule has 0 heterocycles. The van der Waals surface area contributed by atoms with Crippen LogP contribution in [-0.2, 0) is 25.6 Å². The molecule has 1 fully saturated rings. The SMILES string of the molecule is CSC(=O)[C@H](CCN)NC(=O)[C@@H](NC(=O)[C@H](Cc1ccccc1)NC(=O)CC(N)C1CCCCC1)C(C)O. The molecule has 0 radical (unpaired) electrons. The third-order valence-electron chi connectivity index (χ3n) is 6.93. The smallest absolute Gasteiger partial charge is 0.245 e. The van der Waals surface area contributed by atoms with Gasteiger partial charge in [-0.25, -0.2) is 0 Å². The van der Waals surface area contributed by atoms with Crippen LogP contribution in [0.4, 0.5) is 0 Å². The second-order valence-corrected chi connectivity index (χ2v) is 10.8. The van der Waals surface area contributed by atoms with Gasteiger partial charge in [0.25, 0.3) is 0 Å². The summed E-state index contributed by atoms with van der Waals surface area (Å²) < 4.78 is 0. The minimum absolute atomic E-state index is 0.0983. The Bertz CT molecular complexity index is 910. The predicted molar refractivity (Wildman–Crippen MR) is 149 cm³/mol. The van der Waals surface area contributed by atoms with Gasteiger partial charge in [-0.1, -0.05) is 61.4 Å². The molecular formula is C27H43N5O5S. The van der Waals surface area contributed by atoms with Crippen LogP contribution in [0.1, 0.15) is 57.4 Å². The van der Waals surface area contributed by atoms with Crippen molar-refractivity contribution in [1.82, 2.24) is 16.0 Å². The largest absolute Gasteiger partial charge is 0.391 e.